The van der Waals surface area contributed by atoms with Crippen LogP contribution < -0.4 is 10.6 Å². The number of anilines is 1. The van der Waals surface area contributed by atoms with Gasteiger partial charge in [-0.1, -0.05) is 0 Å². The van der Waals surface area contributed by atoms with Crippen molar-refractivity contribution in [1.82, 2.24) is 5.32 Å². The monoisotopic (exact) mass is 257 g/mol. The number of nitrogens with one attached hydrogen (secondary N) is 2. The molecule has 5 heteroatoms. The first-order valence-corrected chi connectivity index (χ1v) is 6.11. The lowest BCUT2D eigenvalue weighted by Gasteiger charge is -2.14. The predicted octanol–water partition coefficient (Wildman–Crippen LogP) is 2.37. The molecule has 2 rings (SSSR count). The van der Waals surface area contributed by atoms with E-state index in [-0.39, 0.29) is 6.03 Å². The molecule has 0 saturated carbocycles. The Morgan fingerprint density at radius 1 is 1.26 bits per heavy atom. The molecule has 1 aliphatic rings. The van der Waals surface area contributed by atoms with Crippen LogP contribution in [0.5, 0.6) is 0 Å². The van der Waals surface area contributed by atoms with Gasteiger partial charge in [0.15, 0.2) is 0 Å². The first-order valence-electron chi connectivity index (χ1n) is 6.11. The lowest BCUT2D eigenvalue weighted by molar-refractivity contribution is 0.119. The van der Waals surface area contributed by atoms with Crippen molar-refractivity contribution < 1.29 is 9.53 Å². The molecular formula is C14H15N3O2. The summed E-state index contributed by atoms with van der Waals surface area (Å²) in [6.07, 6.45) is 3.45. The quantitative estimate of drug-likeness (QED) is 0.854. The number of hydrogen-bond donors (Lipinski definition) is 2. The van der Waals surface area contributed by atoms with Crippen molar-refractivity contribution in [2.75, 3.05) is 18.5 Å². The van der Waals surface area contributed by atoms with Crippen LogP contribution in [0, 0.1) is 11.3 Å². The predicted molar refractivity (Wildman–Crippen MR) is 71.4 cm³/mol. The van der Waals surface area contributed by atoms with E-state index in [2.05, 4.69) is 10.6 Å². The number of benzene rings is 1. The number of nitriles is 1. The minimum Gasteiger partial charge on any atom is -0.381 e. The van der Waals surface area contributed by atoms with E-state index in [1.54, 1.807) is 30.5 Å². The van der Waals surface area contributed by atoms with E-state index >= 15 is 0 Å². The molecule has 0 radical (unpaired) electrons. The summed E-state index contributed by atoms with van der Waals surface area (Å²) < 4.78 is 5.23. The van der Waals surface area contributed by atoms with Crippen LogP contribution >= 0.6 is 0 Å². The molecule has 0 aromatic heterocycles. The molecule has 1 aromatic carbocycles. The Morgan fingerprint density at radius 2 is 1.95 bits per heavy atom. The first kappa shape index (κ1) is 13.1. The fourth-order valence-electron chi connectivity index (χ4n) is 1.74. The number of hydrogen-bond acceptors (Lipinski definition) is 3. The topological polar surface area (TPSA) is 74.2 Å². The van der Waals surface area contributed by atoms with E-state index in [1.165, 1.54) is 5.57 Å². The minimum absolute atomic E-state index is 0.288. The van der Waals surface area contributed by atoms with Crippen LogP contribution in [0.25, 0.3) is 0 Å². The standard InChI is InChI=1S/C14H15N3O2/c15-9-11-1-3-13(4-2-11)17-14(18)16-10-12-5-7-19-8-6-12/h1-4,10H,5-8H2,(H2,16,17,18). The Bertz CT molecular complexity index is 506. The summed E-state index contributed by atoms with van der Waals surface area (Å²) >= 11 is 0. The molecule has 1 saturated heterocycles. The maximum absolute atomic E-state index is 11.6. The van der Waals surface area contributed by atoms with Crippen molar-refractivity contribution in [2.45, 2.75) is 12.8 Å². The zero-order chi connectivity index (χ0) is 13.5. The molecule has 1 aliphatic heterocycles. The average molecular weight is 257 g/mol. The molecule has 5 nitrogen and oxygen atoms in total. The first-order chi connectivity index (χ1) is 9.28. The highest BCUT2D eigenvalue weighted by Crippen LogP contribution is 2.12. The number of rotatable bonds is 2. The fraction of sp³-hybridized carbons (Fsp3) is 0.286. The van der Waals surface area contributed by atoms with E-state index in [9.17, 15) is 4.79 Å². The third kappa shape index (κ3) is 4.12. The molecule has 98 valence electrons. The van der Waals surface area contributed by atoms with Crippen LogP contribution in [-0.4, -0.2) is 19.2 Å². The van der Waals surface area contributed by atoms with Crippen LogP contribution in [0.2, 0.25) is 0 Å². The van der Waals surface area contributed by atoms with Gasteiger partial charge < -0.3 is 15.4 Å². The van der Waals surface area contributed by atoms with E-state index in [4.69, 9.17) is 10.00 Å². The van der Waals surface area contributed by atoms with Gasteiger partial charge in [0.2, 0.25) is 0 Å². The van der Waals surface area contributed by atoms with Gasteiger partial charge in [-0.2, -0.15) is 5.26 Å². The van der Waals surface area contributed by atoms with Gasteiger partial charge in [-0.15, -0.1) is 0 Å². The van der Waals surface area contributed by atoms with Gasteiger partial charge in [0.25, 0.3) is 0 Å². The lowest BCUT2D eigenvalue weighted by atomic mass is 10.1. The Kier molecular flexibility index (Phi) is 4.54. The Labute approximate surface area is 111 Å². The highest BCUT2D eigenvalue weighted by Gasteiger charge is 2.06. The van der Waals surface area contributed by atoms with Gasteiger partial charge in [-0.05, 0) is 42.7 Å². The normalized spacial score (nSPS) is 14.4. The lowest BCUT2D eigenvalue weighted by Crippen LogP contribution is -2.25. The fourth-order valence-corrected chi connectivity index (χ4v) is 1.74. The van der Waals surface area contributed by atoms with E-state index in [0.717, 1.165) is 12.8 Å². The van der Waals surface area contributed by atoms with Crippen LogP contribution in [0.4, 0.5) is 10.5 Å². The van der Waals surface area contributed by atoms with Crippen LogP contribution in [-0.2, 0) is 4.74 Å². The smallest absolute Gasteiger partial charge is 0.323 e. The second-order valence-corrected chi connectivity index (χ2v) is 4.20. The highest BCUT2D eigenvalue weighted by atomic mass is 16.5. The molecule has 1 aromatic rings. The third-order valence-electron chi connectivity index (χ3n) is 2.81. The molecule has 0 atom stereocenters. The van der Waals surface area contributed by atoms with Crippen molar-refractivity contribution in [3.63, 3.8) is 0 Å². The van der Waals surface area contributed by atoms with Gasteiger partial charge >= 0.3 is 6.03 Å². The van der Waals surface area contributed by atoms with Crippen molar-refractivity contribution in [2.24, 2.45) is 0 Å². The summed E-state index contributed by atoms with van der Waals surface area (Å²) in [6.45, 7) is 1.43. The Balaban J connectivity index is 1.85. The van der Waals surface area contributed by atoms with Crippen LogP contribution in [0.15, 0.2) is 36.0 Å². The SMILES string of the molecule is N#Cc1ccc(NC(=O)NC=C2CCOCC2)cc1. The summed E-state index contributed by atoms with van der Waals surface area (Å²) in [5.74, 6) is 0. The zero-order valence-corrected chi connectivity index (χ0v) is 10.5. The van der Waals surface area contributed by atoms with Gasteiger partial charge in [0.05, 0.1) is 24.8 Å². The van der Waals surface area contributed by atoms with Crippen molar-refractivity contribution in [3.8, 4) is 6.07 Å². The number of ether oxygens (including phenoxy) is 1. The molecule has 0 spiro atoms. The summed E-state index contributed by atoms with van der Waals surface area (Å²) in [5, 5.41) is 14.1. The highest BCUT2D eigenvalue weighted by molar-refractivity contribution is 5.89. The summed E-state index contributed by atoms with van der Waals surface area (Å²) in [7, 11) is 0. The number of nitrogens with zero attached hydrogens (tertiary/aromatic N) is 1. The zero-order valence-electron chi connectivity index (χ0n) is 10.5. The summed E-state index contributed by atoms with van der Waals surface area (Å²) in [5.41, 5.74) is 2.40. The average Bonchev–Trinajstić information content (AvgIpc) is 2.47. The Morgan fingerprint density at radius 3 is 2.58 bits per heavy atom. The van der Waals surface area contributed by atoms with Crippen molar-refractivity contribution >= 4 is 11.7 Å². The van der Waals surface area contributed by atoms with Gasteiger partial charge in [0, 0.05) is 11.9 Å². The maximum Gasteiger partial charge on any atom is 0.323 e. The maximum atomic E-state index is 11.6. The third-order valence-corrected chi connectivity index (χ3v) is 2.81. The van der Waals surface area contributed by atoms with Gasteiger partial charge in [0.1, 0.15) is 0 Å². The van der Waals surface area contributed by atoms with Gasteiger partial charge in [-0.25, -0.2) is 4.79 Å². The van der Waals surface area contributed by atoms with Gasteiger partial charge in [-0.3, -0.25) is 0 Å². The number of carbonyl (C=O) groups excluding carboxylic acids is 1. The van der Waals surface area contributed by atoms with Crippen LogP contribution in [0.1, 0.15) is 18.4 Å². The molecule has 1 heterocycles. The summed E-state index contributed by atoms with van der Waals surface area (Å²) in [4.78, 5) is 11.6. The number of carbonyl (C=O) groups is 1. The summed E-state index contributed by atoms with van der Waals surface area (Å²) in [6, 6.07) is 8.44. The minimum atomic E-state index is -0.288. The molecule has 2 N–H and O–H groups in total. The molecule has 0 bridgehead atoms. The molecular weight excluding hydrogens is 242 g/mol. The largest absolute Gasteiger partial charge is 0.381 e. The molecule has 19 heavy (non-hydrogen) atoms. The second-order valence-electron chi connectivity index (χ2n) is 4.20. The van der Waals surface area contributed by atoms with E-state index in [1.807, 2.05) is 6.07 Å². The van der Waals surface area contributed by atoms with E-state index in [0.29, 0.717) is 24.5 Å². The number of amides is 2. The molecule has 2 amide bonds. The molecule has 0 unspecified atom stereocenters. The van der Waals surface area contributed by atoms with E-state index < -0.39 is 0 Å². The number of urea groups is 1. The molecule has 0 aliphatic carbocycles. The second kappa shape index (κ2) is 6.57. The van der Waals surface area contributed by atoms with Crippen LogP contribution in [0.3, 0.4) is 0 Å². The molecule has 1 fully saturated rings. The van der Waals surface area contributed by atoms with Crippen molar-refractivity contribution in [3.05, 3.63) is 41.6 Å². The van der Waals surface area contributed by atoms with Crippen molar-refractivity contribution in [1.29, 1.82) is 5.26 Å². The Hall–Kier alpha value is -2.32.